The van der Waals surface area contributed by atoms with E-state index in [1.165, 1.54) is 15.6 Å². The third-order valence-corrected chi connectivity index (χ3v) is 5.20. The molecule has 3 aromatic heterocycles. The van der Waals surface area contributed by atoms with E-state index in [4.69, 9.17) is 4.98 Å². The van der Waals surface area contributed by atoms with Gasteiger partial charge in [-0.3, -0.25) is 5.10 Å². The number of anilines is 2. The maximum Gasteiger partial charge on any atom is 0.132 e. The maximum absolute atomic E-state index is 4.92. The zero-order valence-electron chi connectivity index (χ0n) is 13.2. The fourth-order valence-corrected chi connectivity index (χ4v) is 4.04. The number of H-pyrrole nitrogens is 1. The second kappa shape index (κ2) is 5.72. The van der Waals surface area contributed by atoms with E-state index in [2.05, 4.69) is 75.5 Å². The average molecular weight is 342 g/mol. The summed E-state index contributed by atoms with van der Waals surface area (Å²) >= 11 is 1.75. The molecule has 0 fully saturated rings. The predicted octanol–water partition coefficient (Wildman–Crippen LogP) is 5.58. The van der Waals surface area contributed by atoms with Crippen molar-refractivity contribution in [3.05, 3.63) is 72.2 Å². The van der Waals surface area contributed by atoms with Gasteiger partial charge in [-0.25, -0.2) is 4.98 Å². The van der Waals surface area contributed by atoms with Crippen LogP contribution in [0.25, 0.3) is 32.1 Å². The quantitative estimate of drug-likeness (QED) is 0.450. The van der Waals surface area contributed by atoms with Crippen molar-refractivity contribution in [1.29, 1.82) is 0 Å². The molecule has 2 aromatic carbocycles. The molecule has 5 aromatic rings. The molecular formula is C20H14N4S. The molecule has 0 radical (unpaired) electrons. The SMILES string of the molecule is c1ccc2c(-c3csc4ccccc34)nc(Nc3ccn[nH]3)cc2c1. The monoisotopic (exact) mass is 342 g/mol. The molecule has 0 atom stereocenters. The second-order valence-corrected chi connectivity index (χ2v) is 6.73. The molecular weight excluding hydrogens is 328 g/mol. The zero-order chi connectivity index (χ0) is 16.6. The third kappa shape index (κ3) is 2.45. The van der Waals surface area contributed by atoms with E-state index in [1.54, 1.807) is 17.5 Å². The Balaban J connectivity index is 1.75. The summed E-state index contributed by atoms with van der Waals surface area (Å²) in [6, 6.07) is 20.8. The summed E-state index contributed by atoms with van der Waals surface area (Å²) in [5.74, 6) is 1.62. The Morgan fingerprint density at radius 3 is 2.64 bits per heavy atom. The summed E-state index contributed by atoms with van der Waals surface area (Å²) in [6.45, 7) is 0. The Hall–Kier alpha value is -3.18. The molecule has 120 valence electrons. The number of thiophene rings is 1. The first-order valence-electron chi connectivity index (χ1n) is 8.01. The lowest BCUT2D eigenvalue weighted by molar-refractivity contribution is 1.09. The number of pyridine rings is 1. The fraction of sp³-hybridized carbons (Fsp3) is 0. The molecule has 3 heterocycles. The topological polar surface area (TPSA) is 53.6 Å². The molecule has 0 saturated heterocycles. The molecule has 4 nitrogen and oxygen atoms in total. The van der Waals surface area contributed by atoms with Gasteiger partial charge in [0.05, 0.1) is 11.9 Å². The molecule has 5 rings (SSSR count). The molecule has 0 aliphatic rings. The number of aromatic nitrogens is 3. The minimum Gasteiger partial charge on any atom is -0.325 e. The number of aromatic amines is 1. The number of hydrogen-bond acceptors (Lipinski definition) is 4. The minimum absolute atomic E-state index is 0.799. The first-order valence-corrected chi connectivity index (χ1v) is 8.89. The van der Waals surface area contributed by atoms with Crippen LogP contribution in [0.2, 0.25) is 0 Å². The third-order valence-electron chi connectivity index (χ3n) is 4.24. The number of hydrogen-bond donors (Lipinski definition) is 2. The normalized spacial score (nSPS) is 11.2. The van der Waals surface area contributed by atoms with Crippen LogP contribution in [0.4, 0.5) is 11.6 Å². The van der Waals surface area contributed by atoms with Crippen LogP contribution in [0, 0.1) is 0 Å². The van der Waals surface area contributed by atoms with Crippen molar-refractivity contribution in [2.75, 3.05) is 5.32 Å². The van der Waals surface area contributed by atoms with Crippen molar-refractivity contribution in [3.63, 3.8) is 0 Å². The van der Waals surface area contributed by atoms with Crippen LogP contribution in [0.5, 0.6) is 0 Å². The molecule has 0 saturated carbocycles. The Morgan fingerprint density at radius 2 is 1.76 bits per heavy atom. The molecule has 25 heavy (non-hydrogen) atoms. The van der Waals surface area contributed by atoms with Crippen molar-refractivity contribution in [2.45, 2.75) is 0 Å². The standard InChI is InChI=1S/C20H14N4S/c1-2-6-14-13(5-1)11-19(22-18-9-10-21-24-18)23-20(14)16-12-25-17-8-4-3-7-15(16)17/h1-12H,(H2,21,22,23,24). The molecule has 0 bridgehead atoms. The van der Waals surface area contributed by atoms with Crippen molar-refractivity contribution >= 4 is 43.8 Å². The summed E-state index contributed by atoms with van der Waals surface area (Å²) in [5, 5.41) is 15.9. The summed E-state index contributed by atoms with van der Waals surface area (Å²) in [5.41, 5.74) is 2.17. The number of nitrogens with zero attached hydrogens (tertiary/aromatic N) is 2. The lowest BCUT2D eigenvalue weighted by atomic mass is 10.0. The van der Waals surface area contributed by atoms with Gasteiger partial charge < -0.3 is 5.32 Å². The molecule has 0 spiro atoms. The first kappa shape index (κ1) is 14.2. The Bertz CT molecular complexity index is 1170. The van der Waals surface area contributed by atoms with Crippen LogP contribution >= 0.6 is 11.3 Å². The lowest BCUT2D eigenvalue weighted by Crippen LogP contribution is -1.96. The van der Waals surface area contributed by atoms with E-state index in [-0.39, 0.29) is 0 Å². The van der Waals surface area contributed by atoms with Crippen LogP contribution in [0.15, 0.2) is 72.2 Å². The van der Waals surface area contributed by atoms with Crippen LogP contribution in [-0.2, 0) is 0 Å². The number of fused-ring (bicyclic) bond motifs is 2. The summed E-state index contributed by atoms with van der Waals surface area (Å²) < 4.78 is 1.27. The van der Waals surface area contributed by atoms with Gasteiger partial charge in [-0.1, -0.05) is 42.5 Å². The molecule has 5 heteroatoms. The van der Waals surface area contributed by atoms with Crippen molar-refractivity contribution in [2.24, 2.45) is 0 Å². The molecule has 2 N–H and O–H groups in total. The van der Waals surface area contributed by atoms with E-state index >= 15 is 0 Å². The highest BCUT2D eigenvalue weighted by Gasteiger charge is 2.13. The van der Waals surface area contributed by atoms with Gasteiger partial charge in [-0.2, -0.15) is 5.10 Å². The van der Waals surface area contributed by atoms with Crippen molar-refractivity contribution in [3.8, 4) is 11.3 Å². The summed E-state index contributed by atoms with van der Waals surface area (Å²) in [4.78, 5) is 4.92. The average Bonchev–Trinajstić information content (AvgIpc) is 3.30. The van der Waals surface area contributed by atoms with Gasteiger partial charge in [-0.15, -0.1) is 11.3 Å². The maximum atomic E-state index is 4.92. The van der Waals surface area contributed by atoms with Gasteiger partial charge in [0, 0.05) is 32.5 Å². The number of rotatable bonds is 3. The smallest absolute Gasteiger partial charge is 0.132 e. The molecule has 0 unspecified atom stereocenters. The number of nitrogens with one attached hydrogen (secondary N) is 2. The van der Waals surface area contributed by atoms with Gasteiger partial charge in [-0.05, 0) is 17.5 Å². The summed E-state index contributed by atoms with van der Waals surface area (Å²) in [6.07, 6.45) is 1.72. The zero-order valence-corrected chi connectivity index (χ0v) is 14.0. The first-order chi connectivity index (χ1) is 12.4. The highest BCUT2D eigenvalue weighted by atomic mass is 32.1. The lowest BCUT2D eigenvalue weighted by Gasteiger charge is -2.10. The largest absolute Gasteiger partial charge is 0.325 e. The van der Waals surface area contributed by atoms with Crippen molar-refractivity contribution < 1.29 is 0 Å². The van der Waals surface area contributed by atoms with E-state index in [0.29, 0.717) is 0 Å². The van der Waals surface area contributed by atoms with Crippen LogP contribution in [0.1, 0.15) is 0 Å². The van der Waals surface area contributed by atoms with Gasteiger partial charge in [0.15, 0.2) is 0 Å². The minimum atomic E-state index is 0.799. The highest BCUT2D eigenvalue weighted by molar-refractivity contribution is 7.17. The Morgan fingerprint density at radius 1 is 0.920 bits per heavy atom. The van der Waals surface area contributed by atoms with E-state index in [9.17, 15) is 0 Å². The Labute approximate surface area is 148 Å². The van der Waals surface area contributed by atoms with E-state index in [0.717, 1.165) is 28.1 Å². The van der Waals surface area contributed by atoms with E-state index < -0.39 is 0 Å². The number of benzene rings is 2. The van der Waals surface area contributed by atoms with E-state index in [1.807, 2.05) is 6.07 Å². The van der Waals surface area contributed by atoms with Gasteiger partial charge in [0.1, 0.15) is 11.6 Å². The highest BCUT2D eigenvalue weighted by Crippen LogP contribution is 2.37. The van der Waals surface area contributed by atoms with Crippen molar-refractivity contribution in [1.82, 2.24) is 15.2 Å². The molecule has 0 aliphatic heterocycles. The predicted molar refractivity (Wildman–Crippen MR) is 104 cm³/mol. The molecule has 0 aliphatic carbocycles. The van der Waals surface area contributed by atoms with Crippen LogP contribution in [-0.4, -0.2) is 15.2 Å². The van der Waals surface area contributed by atoms with Gasteiger partial charge in [0.2, 0.25) is 0 Å². The van der Waals surface area contributed by atoms with Crippen LogP contribution < -0.4 is 5.32 Å². The Kier molecular flexibility index (Phi) is 3.24. The second-order valence-electron chi connectivity index (χ2n) is 5.82. The van der Waals surface area contributed by atoms with Gasteiger partial charge in [0.25, 0.3) is 0 Å². The fourth-order valence-electron chi connectivity index (χ4n) is 3.09. The summed E-state index contributed by atoms with van der Waals surface area (Å²) in [7, 11) is 0. The van der Waals surface area contributed by atoms with Crippen LogP contribution in [0.3, 0.4) is 0 Å². The molecule has 0 amide bonds. The van der Waals surface area contributed by atoms with Gasteiger partial charge >= 0.3 is 0 Å².